The van der Waals surface area contributed by atoms with E-state index in [0.717, 1.165) is 0 Å². The van der Waals surface area contributed by atoms with Gasteiger partial charge < -0.3 is 9.72 Å². The maximum Gasteiger partial charge on any atom is 0.191 e. The summed E-state index contributed by atoms with van der Waals surface area (Å²) in [5.41, 5.74) is 1.78. The van der Waals surface area contributed by atoms with Crippen molar-refractivity contribution in [1.29, 1.82) is 0 Å². The quantitative estimate of drug-likeness (QED) is 0.926. The van der Waals surface area contributed by atoms with Gasteiger partial charge in [-0.2, -0.15) is 0 Å². The molecule has 0 aliphatic rings. The Balaban J connectivity index is 2.86. The molecule has 5 heteroatoms. The number of aromatic amines is 1. The SMILES string of the molecule is COCc1cc(=O)c2c(Br)c(F)cc(C)c2[nH]1. The lowest BCUT2D eigenvalue weighted by Gasteiger charge is -2.08. The summed E-state index contributed by atoms with van der Waals surface area (Å²) < 4.78 is 18.7. The molecule has 0 saturated carbocycles. The first-order valence-electron chi connectivity index (χ1n) is 5.04. The molecule has 0 fully saturated rings. The second-order valence-electron chi connectivity index (χ2n) is 3.83. The highest BCUT2D eigenvalue weighted by Gasteiger charge is 2.12. The van der Waals surface area contributed by atoms with Crippen molar-refractivity contribution in [3.63, 3.8) is 0 Å². The molecule has 0 aliphatic carbocycles. The predicted octanol–water partition coefficient (Wildman–Crippen LogP) is 2.88. The highest BCUT2D eigenvalue weighted by Crippen LogP contribution is 2.26. The Morgan fingerprint density at radius 2 is 2.18 bits per heavy atom. The number of hydrogen-bond donors (Lipinski definition) is 1. The zero-order valence-corrected chi connectivity index (χ0v) is 11.0. The summed E-state index contributed by atoms with van der Waals surface area (Å²) in [6, 6.07) is 2.81. The fourth-order valence-electron chi connectivity index (χ4n) is 1.80. The maximum atomic E-state index is 13.5. The molecule has 1 aromatic carbocycles. The number of pyridine rings is 1. The van der Waals surface area contributed by atoms with Gasteiger partial charge in [-0.1, -0.05) is 0 Å². The standard InChI is InChI=1S/C12H11BrFNO2/c1-6-3-8(14)11(13)10-9(16)4-7(5-17-2)15-12(6)10/h3-4H,5H2,1-2H3,(H,15,16). The number of methoxy groups -OCH3 is 1. The number of aromatic nitrogens is 1. The smallest absolute Gasteiger partial charge is 0.191 e. The Hall–Kier alpha value is -1.20. The van der Waals surface area contributed by atoms with Crippen LogP contribution >= 0.6 is 15.9 Å². The highest BCUT2D eigenvalue weighted by molar-refractivity contribution is 9.10. The van der Waals surface area contributed by atoms with E-state index in [1.165, 1.54) is 12.1 Å². The third-order valence-electron chi connectivity index (χ3n) is 2.55. The Morgan fingerprint density at radius 3 is 2.82 bits per heavy atom. The van der Waals surface area contributed by atoms with Gasteiger partial charge >= 0.3 is 0 Å². The first-order valence-corrected chi connectivity index (χ1v) is 5.83. The number of aryl methyl sites for hydroxylation is 1. The van der Waals surface area contributed by atoms with Gasteiger partial charge in [0.25, 0.3) is 0 Å². The van der Waals surface area contributed by atoms with E-state index < -0.39 is 5.82 Å². The molecule has 0 bridgehead atoms. The highest BCUT2D eigenvalue weighted by atomic mass is 79.9. The minimum atomic E-state index is -0.431. The molecule has 0 aliphatic heterocycles. The number of halogens is 2. The number of fused-ring (bicyclic) bond motifs is 1. The van der Waals surface area contributed by atoms with E-state index in [0.29, 0.717) is 28.8 Å². The predicted molar refractivity (Wildman–Crippen MR) is 67.7 cm³/mol. The van der Waals surface area contributed by atoms with Crippen LogP contribution in [-0.4, -0.2) is 12.1 Å². The van der Waals surface area contributed by atoms with Crippen LogP contribution in [0.2, 0.25) is 0 Å². The lowest BCUT2D eigenvalue weighted by atomic mass is 10.1. The van der Waals surface area contributed by atoms with Crippen molar-refractivity contribution in [3.8, 4) is 0 Å². The second kappa shape index (κ2) is 4.58. The van der Waals surface area contributed by atoms with E-state index in [1.54, 1.807) is 14.0 Å². The summed E-state index contributed by atoms with van der Waals surface area (Å²) >= 11 is 3.10. The average Bonchev–Trinajstić information content (AvgIpc) is 2.26. The molecule has 2 aromatic rings. The molecular formula is C12H11BrFNO2. The van der Waals surface area contributed by atoms with Gasteiger partial charge in [-0.15, -0.1) is 0 Å². The van der Waals surface area contributed by atoms with Crippen LogP contribution in [0.3, 0.4) is 0 Å². The van der Waals surface area contributed by atoms with E-state index in [1.807, 2.05) is 0 Å². The molecule has 17 heavy (non-hydrogen) atoms. The Labute approximate surface area is 106 Å². The van der Waals surface area contributed by atoms with Crippen LogP contribution in [0.1, 0.15) is 11.3 Å². The molecule has 1 N–H and O–H groups in total. The molecule has 0 atom stereocenters. The molecule has 1 aromatic heterocycles. The fourth-order valence-corrected chi connectivity index (χ4v) is 2.31. The van der Waals surface area contributed by atoms with Crippen molar-refractivity contribution in [2.45, 2.75) is 13.5 Å². The van der Waals surface area contributed by atoms with Gasteiger partial charge in [-0.05, 0) is 34.5 Å². The Kier molecular flexibility index (Phi) is 3.31. The van der Waals surface area contributed by atoms with Crippen LogP contribution in [-0.2, 0) is 11.3 Å². The normalized spacial score (nSPS) is 11.1. The fraction of sp³-hybridized carbons (Fsp3) is 0.250. The van der Waals surface area contributed by atoms with E-state index in [9.17, 15) is 9.18 Å². The van der Waals surface area contributed by atoms with E-state index in [4.69, 9.17) is 4.74 Å². The zero-order chi connectivity index (χ0) is 12.6. The van der Waals surface area contributed by atoms with Gasteiger partial charge in [0.1, 0.15) is 5.82 Å². The minimum absolute atomic E-state index is 0.198. The molecule has 90 valence electrons. The summed E-state index contributed by atoms with van der Waals surface area (Å²) in [7, 11) is 1.55. The Bertz CT molecular complexity index is 636. The molecule has 1 heterocycles. The second-order valence-corrected chi connectivity index (χ2v) is 4.62. The Morgan fingerprint density at radius 1 is 1.47 bits per heavy atom. The van der Waals surface area contributed by atoms with Crippen LogP contribution in [0.25, 0.3) is 10.9 Å². The van der Waals surface area contributed by atoms with E-state index >= 15 is 0 Å². The molecule has 0 spiro atoms. The lowest BCUT2D eigenvalue weighted by Crippen LogP contribution is -2.08. The number of nitrogens with one attached hydrogen (secondary N) is 1. The van der Waals surface area contributed by atoms with Crippen LogP contribution in [0.4, 0.5) is 4.39 Å². The number of benzene rings is 1. The number of rotatable bonds is 2. The first kappa shape index (κ1) is 12.3. The number of hydrogen-bond acceptors (Lipinski definition) is 2. The summed E-state index contributed by atoms with van der Waals surface area (Å²) in [5.74, 6) is -0.431. The summed E-state index contributed by atoms with van der Waals surface area (Å²) in [4.78, 5) is 15.0. The van der Waals surface area contributed by atoms with E-state index in [-0.39, 0.29) is 9.90 Å². The third-order valence-corrected chi connectivity index (χ3v) is 3.33. The maximum absolute atomic E-state index is 13.5. The van der Waals surface area contributed by atoms with Crippen molar-refractivity contribution < 1.29 is 9.13 Å². The topological polar surface area (TPSA) is 42.1 Å². The van der Waals surface area contributed by atoms with Gasteiger partial charge in [0, 0.05) is 18.9 Å². The first-order chi connectivity index (χ1) is 8.04. The average molecular weight is 300 g/mol. The van der Waals surface area contributed by atoms with E-state index in [2.05, 4.69) is 20.9 Å². The van der Waals surface area contributed by atoms with Crippen LogP contribution in [0, 0.1) is 12.7 Å². The van der Waals surface area contributed by atoms with Crippen molar-refractivity contribution in [3.05, 3.63) is 43.9 Å². The number of ether oxygens (including phenoxy) is 1. The lowest BCUT2D eigenvalue weighted by molar-refractivity contribution is 0.181. The van der Waals surface area contributed by atoms with Crippen molar-refractivity contribution >= 4 is 26.8 Å². The van der Waals surface area contributed by atoms with Crippen LogP contribution in [0.5, 0.6) is 0 Å². The monoisotopic (exact) mass is 299 g/mol. The largest absolute Gasteiger partial charge is 0.378 e. The molecule has 2 rings (SSSR count). The molecule has 0 unspecified atom stereocenters. The molecule has 3 nitrogen and oxygen atoms in total. The molecule has 0 amide bonds. The van der Waals surface area contributed by atoms with Gasteiger partial charge in [0.05, 0.1) is 22.0 Å². The van der Waals surface area contributed by atoms with Crippen LogP contribution in [0.15, 0.2) is 21.4 Å². The zero-order valence-electron chi connectivity index (χ0n) is 9.43. The van der Waals surface area contributed by atoms with Crippen LogP contribution < -0.4 is 5.43 Å². The van der Waals surface area contributed by atoms with Crippen molar-refractivity contribution in [2.75, 3.05) is 7.11 Å². The van der Waals surface area contributed by atoms with Gasteiger partial charge in [0.2, 0.25) is 0 Å². The number of H-pyrrole nitrogens is 1. The van der Waals surface area contributed by atoms with Gasteiger partial charge in [0.15, 0.2) is 5.43 Å². The third kappa shape index (κ3) is 2.12. The summed E-state index contributed by atoms with van der Waals surface area (Å²) in [5, 5.41) is 0.336. The van der Waals surface area contributed by atoms with Crippen molar-refractivity contribution in [2.24, 2.45) is 0 Å². The summed E-state index contributed by atoms with van der Waals surface area (Å²) in [6.45, 7) is 2.07. The van der Waals surface area contributed by atoms with Gasteiger partial charge in [-0.3, -0.25) is 4.79 Å². The summed E-state index contributed by atoms with van der Waals surface area (Å²) in [6.07, 6.45) is 0. The molecular weight excluding hydrogens is 289 g/mol. The van der Waals surface area contributed by atoms with Crippen molar-refractivity contribution in [1.82, 2.24) is 4.98 Å². The molecule has 0 radical (unpaired) electrons. The minimum Gasteiger partial charge on any atom is -0.378 e. The van der Waals surface area contributed by atoms with Gasteiger partial charge in [-0.25, -0.2) is 4.39 Å². The molecule has 0 saturated heterocycles.